The summed E-state index contributed by atoms with van der Waals surface area (Å²) in [6.07, 6.45) is 11.2. The van der Waals surface area contributed by atoms with Crippen LogP contribution < -0.4 is 5.32 Å². The third-order valence-corrected chi connectivity index (χ3v) is 4.78. The normalized spacial score (nSPS) is 24.9. The number of nitrogens with zero attached hydrogens (tertiary/aromatic N) is 1. The zero-order chi connectivity index (χ0) is 14.1. The van der Waals surface area contributed by atoms with Crippen molar-refractivity contribution in [2.45, 2.75) is 84.2 Å². The summed E-state index contributed by atoms with van der Waals surface area (Å²) in [7, 11) is 2.15. The van der Waals surface area contributed by atoms with Crippen molar-refractivity contribution < 1.29 is 0 Å². The van der Waals surface area contributed by atoms with Crippen LogP contribution in [-0.4, -0.2) is 37.1 Å². The predicted octanol–water partition coefficient (Wildman–Crippen LogP) is 4.06. The molecule has 1 rings (SSSR count). The summed E-state index contributed by atoms with van der Waals surface area (Å²) in [6.45, 7) is 9.60. The van der Waals surface area contributed by atoms with Gasteiger partial charge in [-0.05, 0) is 52.6 Å². The van der Waals surface area contributed by atoms with Crippen LogP contribution in [-0.2, 0) is 0 Å². The van der Waals surface area contributed by atoms with Crippen molar-refractivity contribution in [2.75, 3.05) is 20.1 Å². The van der Waals surface area contributed by atoms with Gasteiger partial charge in [-0.2, -0.15) is 0 Å². The predicted molar refractivity (Wildman–Crippen MR) is 85.7 cm³/mol. The molecule has 0 aliphatic heterocycles. The maximum atomic E-state index is 3.58. The maximum Gasteiger partial charge on any atom is 0.0104 e. The van der Waals surface area contributed by atoms with E-state index in [0.717, 1.165) is 12.0 Å². The SMILES string of the molecule is CCCCCN(CC1CCCCCC1NC)C(C)C. The van der Waals surface area contributed by atoms with Crippen LogP contribution in [0.15, 0.2) is 0 Å². The van der Waals surface area contributed by atoms with E-state index in [2.05, 4.69) is 38.0 Å². The lowest BCUT2D eigenvalue weighted by molar-refractivity contribution is 0.160. The Balaban J connectivity index is 2.49. The molecular weight excluding hydrogens is 232 g/mol. The molecule has 1 aliphatic carbocycles. The lowest BCUT2D eigenvalue weighted by Gasteiger charge is -2.34. The second-order valence-corrected chi connectivity index (χ2v) is 6.59. The molecule has 0 spiro atoms. The van der Waals surface area contributed by atoms with E-state index in [4.69, 9.17) is 0 Å². The number of hydrogen-bond acceptors (Lipinski definition) is 2. The first-order chi connectivity index (χ1) is 9.19. The smallest absolute Gasteiger partial charge is 0.0104 e. The van der Waals surface area contributed by atoms with E-state index < -0.39 is 0 Å². The highest BCUT2D eigenvalue weighted by atomic mass is 15.1. The minimum atomic E-state index is 0.692. The molecule has 19 heavy (non-hydrogen) atoms. The first-order valence-corrected chi connectivity index (χ1v) is 8.60. The fourth-order valence-electron chi connectivity index (χ4n) is 3.41. The summed E-state index contributed by atoms with van der Waals surface area (Å²) in [5.41, 5.74) is 0. The summed E-state index contributed by atoms with van der Waals surface area (Å²) in [5, 5.41) is 3.58. The molecular formula is C17H36N2. The topological polar surface area (TPSA) is 15.3 Å². The molecule has 114 valence electrons. The third kappa shape index (κ3) is 6.27. The molecule has 2 unspecified atom stereocenters. The van der Waals surface area contributed by atoms with Crippen LogP contribution >= 0.6 is 0 Å². The molecule has 0 radical (unpaired) electrons. The van der Waals surface area contributed by atoms with Gasteiger partial charge >= 0.3 is 0 Å². The van der Waals surface area contributed by atoms with Gasteiger partial charge in [0.1, 0.15) is 0 Å². The molecule has 0 heterocycles. The summed E-state index contributed by atoms with van der Waals surface area (Å²) >= 11 is 0. The Hall–Kier alpha value is -0.0800. The molecule has 0 aromatic carbocycles. The Bertz CT molecular complexity index is 215. The van der Waals surface area contributed by atoms with Gasteiger partial charge in [-0.25, -0.2) is 0 Å². The van der Waals surface area contributed by atoms with Crippen molar-refractivity contribution >= 4 is 0 Å². The van der Waals surface area contributed by atoms with Crippen LogP contribution in [0.2, 0.25) is 0 Å². The van der Waals surface area contributed by atoms with Gasteiger partial charge in [0.25, 0.3) is 0 Å². The quantitative estimate of drug-likeness (QED) is 0.527. The van der Waals surface area contributed by atoms with E-state index in [-0.39, 0.29) is 0 Å². The maximum absolute atomic E-state index is 3.58. The lowest BCUT2D eigenvalue weighted by Crippen LogP contribution is -2.43. The zero-order valence-electron chi connectivity index (χ0n) is 13.8. The molecule has 0 bridgehead atoms. The van der Waals surface area contributed by atoms with Crippen molar-refractivity contribution in [1.29, 1.82) is 0 Å². The van der Waals surface area contributed by atoms with Crippen LogP contribution in [0.5, 0.6) is 0 Å². The van der Waals surface area contributed by atoms with Crippen LogP contribution in [0.4, 0.5) is 0 Å². The highest BCUT2D eigenvalue weighted by Crippen LogP contribution is 2.25. The molecule has 1 fully saturated rings. The summed E-state index contributed by atoms with van der Waals surface area (Å²) in [5.74, 6) is 0.858. The van der Waals surface area contributed by atoms with Gasteiger partial charge in [-0.15, -0.1) is 0 Å². The molecule has 2 atom stereocenters. The Morgan fingerprint density at radius 2 is 1.84 bits per heavy atom. The number of rotatable bonds is 8. The van der Waals surface area contributed by atoms with E-state index in [1.807, 2.05) is 0 Å². The first kappa shape index (κ1) is 17.0. The summed E-state index contributed by atoms with van der Waals surface area (Å²) in [4.78, 5) is 2.72. The molecule has 2 nitrogen and oxygen atoms in total. The molecule has 1 N–H and O–H groups in total. The van der Waals surface area contributed by atoms with Crippen molar-refractivity contribution in [2.24, 2.45) is 5.92 Å². The van der Waals surface area contributed by atoms with Crippen LogP contribution in [0.25, 0.3) is 0 Å². The van der Waals surface area contributed by atoms with Gasteiger partial charge in [0.2, 0.25) is 0 Å². The molecule has 1 aliphatic rings. The summed E-state index contributed by atoms with van der Waals surface area (Å²) < 4.78 is 0. The van der Waals surface area contributed by atoms with Gasteiger partial charge in [0, 0.05) is 18.6 Å². The lowest BCUT2D eigenvalue weighted by atomic mass is 9.93. The van der Waals surface area contributed by atoms with Crippen molar-refractivity contribution in [3.05, 3.63) is 0 Å². The van der Waals surface area contributed by atoms with Crippen LogP contribution in [0, 0.1) is 5.92 Å². The van der Waals surface area contributed by atoms with E-state index in [1.54, 1.807) is 0 Å². The van der Waals surface area contributed by atoms with Crippen LogP contribution in [0.3, 0.4) is 0 Å². The molecule has 1 saturated carbocycles. The van der Waals surface area contributed by atoms with Gasteiger partial charge < -0.3 is 10.2 Å². The number of hydrogen-bond donors (Lipinski definition) is 1. The van der Waals surface area contributed by atoms with Crippen molar-refractivity contribution in [1.82, 2.24) is 10.2 Å². The Morgan fingerprint density at radius 1 is 1.11 bits per heavy atom. The zero-order valence-corrected chi connectivity index (χ0v) is 13.8. The second kappa shape index (κ2) is 9.77. The largest absolute Gasteiger partial charge is 0.317 e. The van der Waals surface area contributed by atoms with Crippen LogP contribution in [0.1, 0.15) is 72.1 Å². The fraction of sp³-hybridized carbons (Fsp3) is 1.00. The van der Waals surface area contributed by atoms with Crippen molar-refractivity contribution in [3.63, 3.8) is 0 Å². The highest BCUT2D eigenvalue weighted by molar-refractivity contribution is 4.81. The average molecular weight is 268 g/mol. The van der Waals surface area contributed by atoms with Gasteiger partial charge in [-0.1, -0.05) is 39.0 Å². The monoisotopic (exact) mass is 268 g/mol. The van der Waals surface area contributed by atoms with Gasteiger partial charge in [0.05, 0.1) is 0 Å². The number of unbranched alkanes of at least 4 members (excludes halogenated alkanes) is 2. The highest BCUT2D eigenvalue weighted by Gasteiger charge is 2.25. The molecule has 0 aromatic heterocycles. The van der Waals surface area contributed by atoms with E-state index in [9.17, 15) is 0 Å². The Kier molecular flexibility index (Phi) is 8.72. The van der Waals surface area contributed by atoms with E-state index in [1.165, 1.54) is 64.5 Å². The molecule has 0 aromatic rings. The van der Waals surface area contributed by atoms with E-state index in [0.29, 0.717) is 6.04 Å². The second-order valence-electron chi connectivity index (χ2n) is 6.59. The van der Waals surface area contributed by atoms with Gasteiger partial charge in [0.15, 0.2) is 0 Å². The number of nitrogens with one attached hydrogen (secondary N) is 1. The molecule has 2 heteroatoms. The minimum Gasteiger partial charge on any atom is -0.317 e. The third-order valence-electron chi connectivity index (χ3n) is 4.78. The average Bonchev–Trinajstić information content (AvgIpc) is 2.62. The Labute approximate surface area is 121 Å². The van der Waals surface area contributed by atoms with E-state index >= 15 is 0 Å². The minimum absolute atomic E-state index is 0.692. The summed E-state index contributed by atoms with van der Waals surface area (Å²) in [6, 6.07) is 1.44. The fourth-order valence-corrected chi connectivity index (χ4v) is 3.41. The Morgan fingerprint density at radius 3 is 2.47 bits per heavy atom. The molecule has 0 saturated heterocycles. The standard InChI is InChI=1S/C17H36N2/c1-5-6-10-13-19(15(2)3)14-16-11-8-7-9-12-17(16)18-4/h15-18H,5-14H2,1-4H3. The first-order valence-electron chi connectivity index (χ1n) is 8.60. The van der Waals surface area contributed by atoms with Gasteiger partial charge in [-0.3, -0.25) is 0 Å². The van der Waals surface area contributed by atoms with Crippen molar-refractivity contribution in [3.8, 4) is 0 Å². The molecule has 0 amide bonds.